The van der Waals surface area contributed by atoms with Crippen LogP contribution < -0.4 is 15.5 Å². The minimum Gasteiger partial charge on any atom is -0.341 e. The van der Waals surface area contributed by atoms with E-state index >= 15 is 0 Å². The molecule has 34 heavy (non-hydrogen) atoms. The van der Waals surface area contributed by atoms with Gasteiger partial charge in [0.05, 0.1) is 5.69 Å². The van der Waals surface area contributed by atoms with E-state index in [4.69, 9.17) is 0 Å². The molecule has 2 aliphatic rings. The van der Waals surface area contributed by atoms with Crippen LogP contribution in [0.25, 0.3) is 10.8 Å². The number of fused-ring (bicyclic) bond motifs is 2. The summed E-state index contributed by atoms with van der Waals surface area (Å²) in [5, 5.41) is 7.71. The fraction of sp³-hybridized carbons (Fsp3) is 0.296. The van der Waals surface area contributed by atoms with Crippen LogP contribution in [0, 0.1) is 0 Å². The highest BCUT2D eigenvalue weighted by Gasteiger charge is 2.33. The van der Waals surface area contributed by atoms with Crippen molar-refractivity contribution in [2.45, 2.75) is 31.7 Å². The van der Waals surface area contributed by atoms with Crippen molar-refractivity contribution >= 4 is 40.0 Å². The van der Waals surface area contributed by atoms with E-state index in [1.807, 2.05) is 71.6 Å². The molecule has 1 unspecified atom stereocenters. The van der Waals surface area contributed by atoms with Gasteiger partial charge in [0.2, 0.25) is 11.8 Å². The normalized spacial score (nSPS) is 17.9. The minimum absolute atomic E-state index is 0.0149. The first-order valence-corrected chi connectivity index (χ1v) is 11.8. The van der Waals surface area contributed by atoms with E-state index in [1.165, 1.54) is 0 Å². The first-order valence-electron chi connectivity index (χ1n) is 11.8. The number of urea groups is 1. The second-order valence-electron chi connectivity index (χ2n) is 8.86. The summed E-state index contributed by atoms with van der Waals surface area (Å²) in [6.07, 6.45) is 3.09. The van der Waals surface area contributed by atoms with Gasteiger partial charge in [0.1, 0.15) is 12.6 Å². The van der Waals surface area contributed by atoms with Crippen LogP contribution in [-0.4, -0.2) is 48.4 Å². The van der Waals surface area contributed by atoms with Gasteiger partial charge in [0.25, 0.3) is 0 Å². The van der Waals surface area contributed by atoms with E-state index in [9.17, 15) is 14.4 Å². The van der Waals surface area contributed by atoms with Crippen LogP contribution in [-0.2, 0) is 16.0 Å². The van der Waals surface area contributed by atoms with Gasteiger partial charge in [0, 0.05) is 24.2 Å². The molecule has 7 heteroatoms. The topological polar surface area (TPSA) is 81.8 Å². The molecule has 0 bridgehead atoms. The molecule has 1 saturated heterocycles. The number of aryl methyl sites for hydroxylation is 1. The number of hydrogen-bond acceptors (Lipinski definition) is 3. The molecule has 174 valence electrons. The Hall–Kier alpha value is -3.87. The largest absolute Gasteiger partial charge is 0.341 e. The molecule has 3 aromatic carbocycles. The van der Waals surface area contributed by atoms with Gasteiger partial charge in [-0.05, 0) is 48.8 Å². The maximum absolute atomic E-state index is 13.6. The Morgan fingerprint density at radius 2 is 1.65 bits per heavy atom. The number of amides is 4. The molecule has 7 nitrogen and oxygen atoms in total. The molecule has 5 rings (SSSR count). The number of carbonyl (C=O) groups excluding carboxylic acids is 3. The summed E-state index contributed by atoms with van der Waals surface area (Å²) in [5.41, 5.74) is 2.43. The molecule has 1 fully saturated rings. The lowest BCUT2D eigenvalue weighted by molar-refractivity contribution is -0.130. The highest BCUT2D eigenvalue weighted by molar-refractivity contribution is 6.06. The molecule has 0 aliphatic carbocycles. The number of hydrogen-bond donors (Lipinski definition) is 2. The number of nitrogens with one attached hydrogen (secondary N) is 2. The van der Waals surface area contributed by atoms with E-state index in [-0.39, 0.29) is 18.4 Å². The number of benzene rings is 3. The first-order chi connectivity index (χ1) is 16.6. The molecule has 0 spiro atoms. The number of carbonyl (C=O) groups is 3. The lowest BCUT2D eigenvalue weighted by Gasteiger charge is -2.27. The van der Waals surface area contributed by atoms with E-state index < -0.39 is 12.1 Å². The molecule has 4 amide bonds. The van der Waals surface area contributed by atoms with Crippen LogP contribution in [0.3, 0.4) is 0 Å². The second-order valence-corrected chi connectivity index (χ2v) is 8.86. The van der Waals surface area contributed by atoms with Crippen molar-refractivity contribution in [3.63, 3.8) is 0 Å². The van der Waals surface area contributed by atoms with Crippen molar-refractivity contribution < 1.29 is 14.4 Å². The van der Waals surface area contributed by atoms with Gasteiger partial charge in [-0.25, -0.2) is 4.79 Å². The van der Waals surface area contributed by atoms with Crippen molar-refractivity contribution in [2.24, 2.45) is 0 Å². The Morgan fingerprint density at radius 1 is 0.912 bits per heavy atom. The summed E-state index contributed by atoms with van der Waals surface area (Å²) in [6.45, 7) is 1.45. The summed E-state index contributed by atoms with van der Waals surface area (Å²) < 4.78 is 0. The summed E-state index contributed by atoms with van der Waals surface area (Å²) in [4.78, 5) is 42.8. The fourth-order valence-electron chi connectivity index (χ4n) is 4.87. The summed E-state index contributed by atoms with van der Waals surface area (Å²) in [7, 11) is 0. The fourth-order valence-corrected chi connectivity index (χ4v) is 4.87. The smallest absolute Gasteiger partial charge is 0.319 e. The summed E-state index contributed by atoms with van der Waals surface area (Å²) in [5.74, 6) is -0.313. The third-order valence-electron chi connectivity index (χ3n) is 6.64. The Bertz CT molecular complexity index is 1230. The minimum atomic E-state index is -0.728. The standard InChI is InChI=1S/C27H28N4O3/c32-25(30-16-5-6-17-30)18-31-24-13-4-2-9-20(24)14-15-23(26(31)33)29-27(34)28-22-12-7-10-19-8-1-3-11-21(19)22/h1-4,7-13,23H,5-6,14-18H2,(H2,28,29,34). The number of anilines is 2. The van der Waals surface area contributed by atoms with Gasteiger partial charge < -0.3 is 20.4 Å². The van der Waals surface area contributed by atoms with Crippen LogP contribution in [0.15, 0.2) is 66.7 Å². The van der Waals surface area contributed by atoms with Gasteiger partial charge in [-0.15, -0.1) is 0 Å². The quantitative estimate of drug-likeness (QED) is 0.624. The molecule has 2 heterocycles. The number of likely N-dealkylation sites (tertiary alicyclic amines) is 1. The monoisotopic (exact) mass is 456 g/mol. The SMILES string of the molecule is O=C(Nc1cccc2ccccc12)NC1CCc2ccccc2N(CC(=O)N2CCCC2)C1=O. The molecular weight excluding hydrogens is 428 g/mol. The second kappa shape index (κ2) is 9.55. The lowest BCUT2D eigenvalue weighted by atomic mass is 10.1. The predicted molar refractivity (Wildman–Crippen MR) is 133 cm³/mol. The van der Waals surface area contributed by atoms with Gasteiger partial charge in [-0.3, -0.25) is 9.59 Å². The maximum Gasteiger partial charge on any atom is 0.319 e. The van der Waals surface area contributed by atoms with Crippen LogP contribution >= 0.6 is 0 Å². The Morgan fingerprint density at radius 3 is 2.50 bits per heavy atom. The molecule has 3 aromatic rings. The van der Waals surface area contributed by atoms with E-state index in [0.29, 0.717) is 18.5 Å². The molecule has 2 N–H and O–H groups in total. The van der Waals surface area contributed by atoms with Gasteiger partial charge in [0.15, 0.2) is 0 Å². The van der Waals surface area contributed by atoms with Crippen molar-refractivity contribution in [3.8, 4) is 0 Å². The molecule has 0 aromatic heterocycles. The van der Waals surface area contributed by atoms with Crippen LogP contribution in [0.1, 0.15) is 24.8 Å². The average Bonchev–Trinajstić information content (AvgIpc) is 3.37. The van der Waals surface area contributed by atoms with Crippen LogP contribution in [0.2, 0.25) is 0 Å². The highest BCUT2D eigenvalue weighted by atomic mass is 16.2. The third kappa shape index (κ3) is 4.46. The van der Waals surface area contributed by atoms with E-state index in [1.54, 1.807) is 4.90 Å². The Labute approximate surface area is 198 Å². The number of para-hydroxylation sites is 1. The number of nitrogens with zero attached hydrogens (tertiary/aromatic N) is 2. The van der Waals surface area contributed by atoms with Crippen molar-refractivity contribution in [3.05, 3.63) is 72.3 Å². The van der Waals surface area contributed by atoms with Crippen molar-refractivity contribution in [1.29, 1.82) is 0 Å². The zero-order valence-corrected chi connectivity index (χ0v) is 19.0. The average molecular weight is 457 g/mol. The van der Waals surface area contributed by atoms with Crippen molar-refractivity contribution in [2.75, 3.05) is 29.9 Å². The van der Waals surface area contributed by atoms with E-state index in [2.05, 4.69) is 10.6 Å². The van der Waals surface area contributed by atoms with Gasteiger partial charge >= 0.3 is 6.03 Å². The Kier molecular flexibility index (Phi) is 6.16. The molecule has 1 atom stereocenters. The molecule has 2 aliphatic heterocycles. The first kappa shape index (κ1) is 21.9. The van der Waals surface area contributed by atoms with E-state index in [0.717, 1.165) is 48.0 Å². The summed E-state index contributed by atoms with van der Waals surface area (Å²) >= 11 is 0. The predicted octanol–water partition coefficient (Wildman–Crippen LogP) is 3.93. The third-order valence-corrected chi connectivity index (χ3v) is 6.64. The molecular formula is C27H28N4O3. The zero-order valence-electron chi connectivity index (χ0n) is 19.0. The van der Waals surface area contributed by atoms with Crippen LogP contribution in [0.4, 0.5) is 16.2 Å². The van der Waals surface area contributed by atoms with Crippen molar-refractivity contribution in [1.82, 2.24) is 10.2 Å². The maximum atomic E-state index is 13.6. The van der Waals surface area contributed by atoms with Gasteiger partial charge in [-0.1, -0.05) is 54.6 Å². The highest BCUT2D eigenvalue weighted by Crippen LogP contribution is 2.28. The molecule has 0 saturated carbocycles. The summed E-state index contributed by atoms with van der Waals surface area (Å²) in [6, 6.07) is 20.0. The number of rotatable bonds is 4. The molecule has 0 radical (unpaired) electrons. The Balaban J connectivity index is 1.35. The van der Waals surface area contributed by atoms with Crippen LogP contribution in [0.5, 0.6) is 0 Å². The zero-order chi connectivity index (χ0) is 23.5. The van der Waals surface area contributed by atoms with Gasteiger partial charge in [-0.2, -0.15) is 0 Å². The lowest BCUT2D eigenvalue weighted by Crippen LogP contribution is -2.51.